The third-order valence-corrected chi connectivity index (χ3v) is 5.73. The highest BCUT2D eigenvalue weighted by atomic mass is 35.5. The van der Waals surface area contributed by atoms with Crippen molar-refractivity contribution in [3.63, 3.8) is 0 Å². The van der Waals surface area contributed by atoms with Crippen molar-refractivity contribution >= 4 is 29.1 Å². The first-order valence-corrected chi connectivity index (χ1v) is 9.94. The Morgan fingerprint density at radius 2 is 1.89 bits per heavy atom. The summed E-state index contributed by atoms with van der Waals surface area (Å²) in [6.45, 7) is 1.87. The van der Waals surface area contributed by atoms with Gasteiger partial charge in [0.05, 0.1) is 15.6 Å². The van der Waals surface area contributed by atoms with E-state index in [4.69, 9.17) is 27.9 Å². The summed E-state index contributed by atoms with van der Waals surface area (Å²) >= 11 is 12.0. The second-order valence-corrected chi connectivity index (χ2v) is 8.13. The lowest BCUT2D eigenvalue weighted by Crippen LogP contribution is -2.26. The number of benzene rings is 2. The minimum atomic E-state index is -0.517. The van der Waals surface area contributed by atoms with Crippen LogP contribution >= 0.6 is 23.2 Å². The first-order valence-electron chi connectivity index (χ1n) is 9.18. The number of rotatable bonds is 6. The molecule has 2 aliphatic rings. The molecule has 0 aliphatic heterocycles. The van der Waals surface area contributed by atoms with Crippen LogP contribution in [0.25, 0.3) is 0 Å². The molecule has 0 heterocycles. The molecule has 0 spiro atoms. The molecule has 0 aromatic heterocycles. The van der Waals surface area contributed by atoms with Gasteiger partial charge in [0.25, 0.3) is 5.91 Å². The van der Waals surface area contributed by atoms with Gasteiger partial charge in [0.15, 0.2) is 0 Å². The molecule has 2 aliphatic carbocycles. The molecule has 0 radical (unpaired) electrons. The van der Waals surface area contributed by atoms with Crippen molar-refractivity contribution in [2.24, 2.45) is 0 Å². The van der Waals surface area contributed by atoms with Crippen molar-refractivity contribution < 1.29 is 13.9 Å². The van der Waals surface area contributed by atoms with Gasteiger partial charge < -0.3 is 10.1 Å². The van der Waals surface area contributed by atoms with Crippen molar-refractivity contribution in [1.82, 2.24) is 5.32 Å². The van der Waals surface area contributed by atoms with Gasteiger partial charge in [0, 0.05) is 12.1 Å². The fourth-order valence-corrected chi connectivity index (χ4v) is 3.48. The van der Waals surface area contributed by atoms with Gasteiger partial charge in [-0.05, 0) is 73.9 Å². The zero-order chi connectivity index (χ0) is 19.1. The van der Waals surface area contributed by atoms with Gasteiger partial charge >= 0.3 is 0 Å². The highest BCUT2D eigenvalue weighted by molar-refractivity contribution is 6.42. The van der Waals surface area contributed by atoms with Crippen molar-refractivity contribution in [2.45, 2.75) is 50.7 Å². The fourth-order valence-electron chi connectivity index (χ4n) is 3.19. The molecule has 1 amide bonds. The first-order chi connectivity index (χ1) is 12.9. The second-order valence-electron chi connectivity index (χ2n) is 7.32. The quantitative estimate of drug-likeness (QED) is 0.633. The van der Waals surface area contributed by atoms with Crippen LogP contribution in [0.2, 0.25) is 10.0 Å². The molecule has 1 atom stereocenters. The molecular formula is C21H20Cl2FNO2. The Kier molecular flexibility index (Phi) is 5.04. The lowest BCUT2D eigenvalue weighted by molar-refractivity contribution is 0.0946. The number of carbonyl (C=O) groups is 1. The number of hydrogen-bond acceptors (Lipinski definition) is 2. The van der Waals surface area contributed by atoms with E-state index in [1.807, 2.05) is 6.92 Å². The van der Waals surface area contributed by atoms with Crippen molar-refractivity contribution in [3.05, 3.63) is 62.9 Å². The van der Waals surface area contributed by atoms with Crippen LogP contribution in [-0.2, 0) is 0 Å². The van der Waals surface area contributed by atoms with Crippen LogP contribution in [-0.4, -0.2) is 11.9 Å². The number of nitrogens with one attached hydrogen (secondary N) is 1. The third-order valence-electron chi connectivity index (χ3n) is 4.99. The lowest BCUT2D eigenvalue weighted by Gasteiger charge is -2.20. The maximum atomic E-state index is 14.7. The Bertz CT molecular complexity index is 894. The van der Waals surface area contributed by atoms with Gasteiger partial charge in [0.2, 0.25) is 0 Å². The lowest BCUT2D eigenvalue weighted by atomic mass is 9.96. The molecule has 2 aromatic carbocycles. The molecule has 6 heteroatoms. The summed E-state index contributed by atoms with van der Waals surface area (Å²) in [4.78, 5) is 12.3. The minimum Gasteiger partial charge on any atom is -0.486 e. The van der Waals surface area contributed by atoms with Crippen molar-refractivity contribution in [3.8, 4) is 5.75 Å². The van der Waals surface area contributed by atoms with E-state index in [9.17, 15) is 9.18 Å². The molecule has 0 bridgehead atoms. The van der Waals surface area contributed by atoms with Crippen LogP contribution in [0, 0.1) is 5.82 Å². The minimum absolute atomic E-state index is 0.120. The van der Waals surface area contributed by atoms with E-state index in [0.717, 1.165) is 36.8 Å². The molecule has 1 N–H and O–H groups in total. The predicted octanol–water partition coefficient (Wildman–Crippen LogP) is 6.04. The molecular weight excluding hydrogens is 388 g/mol. The topological polar surface area (TPSA) is 38.3 Å². The number of ether oxygens (including phenoxy) is 1. The summed E-state index contributed by atoms with van der Waals surface area (Å²) in [6, 6.07) is 8.38. The van der Waals surface area contributed by atoms with Gasteiger partial charge in [-0.15, -0.1) is 0 Å². The number of carbonyl (C=O) groups excluding carboxylic acids is 1. The maximum absolute atomic E-state index is 14.7. The Balaban J connectivity index is 1.61. The third kappa shape index (κ3) is 4.22. The Morgan fingerprint density at radius 1 is 1.15 bits per heavy atom. The van der Waals surface area contributed by atoms with Gasteiger partial charge in [-0.1, -0.05) is 23.2 Å². The van der Waals surface area contributed by atoms with Gasteiger partial charge in [-0.2, -0.15) is 0 Å². The number of hydrogen-bond donors (Lipinski definition) is 1. The molecule has 1 unspecified atom stereocenters. The van der Waals surface area contributed by atoms with Crippen LogP contribution in [0.15, 0.2) is 30.3 Å². The van der Waals surface area contributed by atoms with Crippen molar-refractivity contribution in [1.29, 1.82) is 0 Å². The number of amides is 1. The van der Waals surface area contributed by atoms with E-state index < -0.39 is 5.82 Å². The molecule has 2 aromatic rings. The molecule has 142 valence electrons. The highest BCUT2D eigenvalue weighted by Gasteiger charge is 2.31. The smallest absolute Gasteiger partial charge is 0.254 e. The summed E-state index contributed by atoms with van der Waals surface area (Å²) in [5.41, 5.74) is 1.88. The first kappa shape index (κ1) is 18.6. The van der Waals surface area contributed by atoms with Crippen molar-refractivity contribution in [2.75, 3.05) is 0 Å². The molecule has 0 saturated heterocycles. The normalized spacial score (nSPS) is 17.5. The van der Waals surface area contributed by atoms with E-state index in [1.165, 1.54) is 6.07 Å². The summed E-state index contributed by atoms with van der Waals surface area (Å²) in [5, 5.41) is 3.72. The van der Waals surface area contributed by atoms with E-state index in [0.29, 0.717) is 21.7 Å². The highest BCUT2D eigenvalue weighted by Crippen LogP contribution is 2.44. The number of halogens is 3. The standard InChI is InChI=1S/C21H20Cl2FNO2/c1-11(27-14-6-7-18(22)19(23)8-14)15-10-20(24)17(9-16(15)12-2-3-12)21(26)25-13-4-5-13/h6-13H,2-5H2,1H3,(H,25,26). The zero-order valence-corrected chi connectivity index (χ0v) is 16.4. The van der Waals surface area contributed by atoms with Crippen LogP contribution in [0.1, 0.15) is 66.1 Å². The summed E-state index contributed by atoms with van der Waals surface area (Å²) in [6.07, 6.45) is 3.64. The van der Waals surface area contributed by atoms with Gasteiger partial charge in [0.1, 0.15) is 17.7 Å². The average molecular weight is 408 g/mol. The molecule has 27 heavy (non-hydrogen) atoms. The van der Waals surface area contributed by atoms with Crippen LogP contribution in [0.4, 0.5) is 4.39 Å². The van der Waals surface area contributed by atoms with Crippen LogP contribution in [0.3, 0.4) is 0 Å². The zero-order valence-electron chi connectivity index (χ0n) is 14.9. The van der Waals surface area contributed by atoms with E-state index in [2.05, 4.69) is 5.32 Å². The van der Waals surface area contributed by atoms with E-state index >= 15 is 0 Å². The van der Waals surface area contributed by atoms with E-state index in [1.54, 1.807) is 24.3 Å². The van der Waals surface area contributed by atoms with Gasteiger partial charge in [-0.3, -0.25) is 4.79 Å². The molecule has 2 saturated carbocycles. The van der Waals surface area contributed by atoms with Crippen LogP contribution in [0.5, 0.6) is 5.75 Å². The van der Waals surface area contributed by atoms with Crippen LogP contribution < -0.4 is 10.1 Å². The monoisotopic (exact) mass is 407 g/mol. The fraction of sp³-hybridized carbons (Fsp3) is 0.381. The van der Waals surface area contributed by atoms with Gasteiger partial charge in [-0.25, -0.2) is 4.39 Å². The Morgan fingerprint density at radius 3 is 2.52 bits per heavy atom. The predicted molar refractivity (Wildman–Crippen MR) is 104 cm³/mol. The summed E-state index contributed by atoms with van der Waals surface area (Å²) in [7, 11) is 0. The molecule has 3 nitrogen and oxygen atoms in total. The summed E-state index contributed by atoms with van der Waals surface area (Å²) < 4.78 is 20.7. The Labute approximate surface area is 167 Å². The second kappa shape index (κ2) is 7.33. The molecule has 4 rings (SSSR count). The largest absolute Gasteiger partial charge is 0.486 e. The van der Waals surface area contributed by atoms with E-state index in [-0.39, 0.29) is 23.6 Å². The SMILES string of the molecule is CC(Oc1ccc(Cl)c(Cl)c1)c1cc(F)c(C(=O)NC2CC2)cc1C1CC1. The summed E-state index contributed by atoms with van der Waals surface area (Å²) in [5.74, 6) is 0.0705. The average Bonchev–Trinajstić information content (AvgIpc) is 3.51. The molecule has 2 fully saturated rings. The maximum Gasteiger partial charge on any atom is 0.254 e. The Hall–Kier alpha value is -1.78.